The molecule has 6 heteroatoms. The fraction of sp³-hybridized carbons (Fsp3) is 0.500. The molecular weight excluding hydrogens is 265 g/mol. The summed E-state index contributed by atoms with van der Waals surface area (Å²) in [5.41, 5.74) is -0.698. The predicted octanol–water partition coefficient (Wildman–Crippen LogP) is 3.64. The topological polar surface area (TPSA) is 69.4 Å². The van der Waals surface area contributed by atoms with Crippen molar-refractivity contribution < 1.29 is 18.8 Å². The van der Waals surface area contributed by atoms with Gasteiger partial charge in [0.25, 0.3) is 5.69 Å². The molecule has 1 rings (SSSR count). The van der Waals surface area contributed by atoms with E-state index < -0.39 is 22.3 Å². The van der Waals surface area contributed by atoms with Crippen molar-refractivity contribution in [1.29, 1.82) is 0 Å². The molecule has 0 aromatic heterocycles. The zero-order valence-corrected chi connectivity index (χ0v) is 12.0. The number of nitrogens with zero attached hydrogens (tertiary/aromatic N) is 1. The fourth-order valence-corrected chi connectivity index (χ4v) is 1.53. The Hall–Kier alpha value is -1.98. The molecule has 110 valence electrons. The highest BCUT2D eigenvalue weighted by Gasteiger charge is 2.21. The van der Waals surface area contributed by atoms with Crippen molar-refractivity contribution in [3.05, 3.63) is 39.2 Å². The number of carbonyl (C=O) groups excluding carboxylic acids is 1. The molecule has 0 radical (unpaired) electrons. The second-order valence-corrected chi connectivity index (χ2v) is 5.83. The lowest BCUT2D eigenvalue weighted by atomic mass is 9.93. The first-order chi connectivity index (χ1) is 9.11. The van der Waals surface area contributed by atoms with Gasteiger partial charge < -0.3 is 4.74 Å². The number of carbonyl (C=O) groups is 1. The molecule has 0 unspecified atom stereocenters. The van der Waals surface area contributed by atoms with Crippen LogP contribution in [-0.4, -0.2) is 17.5 Å². The van der Waals surface area contributed by atoms with Crippen LogP contribution in [0.25, 0.3) is 0 Å². The number of esters is 1. The van der Waals surface area contributed by atoms with Crippen molar-refractivity contribution in [2.75, 3.05) is 6.61 Å². The summed E-state index contributed by atoms with van der Waals surface area (Å²) in [4.78, 5) is 21.8. The normalized spacial score (nSPS) is 11.2. The number of benzene rings is 1. The van der Waals surface area contributed by atoms with E-state index in [0.29, 0.717) is 6.42 Å². The summed E-state index contributed by atoms with van der Waals surface area (Å²) in [6, 6.07) is 1.99. The SMILES string of the molecule is Cc1cc([N+](=O)[O-])cc(C(=O)OCCC(C)(C)C)c1F. The maximum atomic E-state index is 13.8. The van der Waals surface area contributed by atoms with Gasteiger partial charge in [0.05, 0.1) is 11.5 Å². The zero-order chi connectivity index (χ0) is 15.5. The first kappa shape index (κ1) is 16.1. The summed E-state index contributed by atoms with van der Waals surface area (Å²) in [7, 11) is 0. The van der Waals surface area contributed by atoms with Crippen LogP contribution in [0.15, 0.2) is 12.1 Å². The van der Waals surface area contributed by atoms with Gasteiger partial charge in [0.2, 0.25) is 0 Å². The minimum atomic E-state index is -0.876. The van der Waals surface area contributed by atoms with Crippen LogP contribution in [0.1, 0.15) is 43.1 Å². The molecular formula is C14H18FNO4. The zero-order valence-electron chi connectivity index (χ0n) is 12.0. The number of non-ortho nitro benzene ring substituents is 1. The Labute approximate surface area is 116 Å². The van der Waals surface area contributed by atoms with Crippen molar-refractivity contribution in [1.82, 2.24) is 0 Å². The highest BCUT2D eigenvalue weighted by Crippen LogP contribution is 2.23. The van der Waals surface area contributed by atoms with Crippen LogP contribution in [0, 0.1) is 28.3 Å². The van der Waals surface area contributed by atoms with E-state index in [-0.39, 0.29) is 23.3 Å². The molecule has 0 fully saturated rings. The molecule has 20 heavy (non-hydrogen) atoms. The fourth-order valence-electron chi connectivity index (χ4n) is 1.53. The molecule has 0 spiro atoms. The van der Waals surface area contributed by atoms with Gasteiger partial charge in [0.1, 0.15) is 11.4 Å². The second kappa shape index (κ2) is 5.98. The minimum Gasteiger partial charge on any atom is -0.462 e. The largest absolute Gasteiger partial charge is 0.462 e. The molecule has 0 saturated heterocycles. The van der Waals surface area contributed by atoms with Crippen LogP contribution in [-0.2, 0) is 4.74 Å². The quantitative estimate of drug-likeness (QED) is 0.480. The van der Waals surface area contributed by atoms with Crippen LogP contribution in [0.3, 0.4) is 0 Å². The highest BCUT2D eigenvalue weighted by atomic mass is 19.1. The Bertz CT molecular complexity index is 535. The lowest BCUT2D eigenvalue weighted by Crippen LogP contribution is -2.14. The molecule has 0 aliphatic heterocycles. The smallest absolute Gasteiger partial charge is 0.341 e. The first-order valence-electron chi connectivity index (χ1n) is 6.23. The second-order valence-electron chi connectivity index (χ2n) is 5.83. The molecule has 0 aliphatic carbocycles. The summed E-state index contributed by atoms with van der Waals surface area (Å²) in [6.07, 6.45) is 0.619. The third-order valence-corrected chi connectivity index (χ3v) is 2.76. The molecule has 1 aromatic carbocycles. The Morgan fingerprint density at radius 3 is 2.50 bits per heavy atom. The third kappa shape index (κ3) is 4.29. The van der Waals surface area contributed by atoms with Gasteiger partial charge in [-0.3, -0.25) is 10.1 Å². The number of nitro benzene ring substituents is 1. The van der Waals surface area contributed by atoms with E-state index in [0.717, 1.165) is 12.1 Å². The highest BCUT2D eigenvalue weighted by molar-refractivity contribution is 5.90. The molecule has 5 nitrogen and oxygen atoms in total. The third-order valence-electron chi connectivity index (χ3n) is 2.76. The number of rotatable bonds is 4. The van der Waals surface area contributed by atoms with Gasteiger partial charge in [-0.15, -0.1) is 0 Å². The number of aryl methyl sites for hydroxylation is 1. The van der Waals surface area contributed by atoms with Crippen molar-refractivity contribution >= 4 is 11.7 Å². The van der Waals surface area contributed by atoms with Crippen LogP contribution >= 0.6 is 0 Å². The minimum absolute atomic E-state index is 0.0164. The van der Waals surface area contributed by atoms with Crippen molar-refractivity contribution in [3.63, 3.8) is 0 Å². The summed E-state index contributed by atoms with van der Waals surface area (Å²) >= 11 is 0. The van der Waals surface area contributed by atoms with E-state index in [1.807, 2.05) is 20.8 Å². The van der Waals surface area contributed by atoms with Gasteiger partial charge in [0.15, 0.2) is 0 Å². The Morgan fingerprint density at radius 2 is 2.00 bits per heavy atom. The predicted molar refractivity (Wildman–Crippen MR) is 72.1 cm³/mol. The first-order valence-corrected chi connectivity index (χ1v) is 6.23. The molecule has 0 amide bonds. The maximum absolute atomic E-state index is 13.8. The Kier molecular flexibility index (Phi) is 4.81. The average Bonchev–Trinajstić information content (AvgIpc) is 2.30. The number of hydrogen-bond donors (Lipinski definition) is 0. The van der Waals surface area contributed by atoms with E-state index in [9.17, 15) is 19.3 Å². The van der Waals surface area contributed by atoms with E-state index >= 15 is 0 Å². The maximum Gasteiger partial charge on any atom is 0.341 e. The Balaban J connectivity index is 2.90. The number of halogens is 1. The van der Waals surface area contributed by atoms with Gasteiger partial charge in [0, 0.05) is 12.1 Å². The molecule has 0 N–H and O–H groups in total. The molecule has 0 heterocycles. The van der Waals surface area contributed by atoms with Crippen LogP contribution in [0.4, 0.5) is 10.1 Å². The molecule has 1 aromatic rings. The molecule has 0 aliphatic rings. The monoisotopic (exact) mass is 283 g/mol. The van der Waals surface area contributed by atoms with Crippen LogP contribution in [0.5, 0.6) is 0 Å². The van der Waals surface area contributed by atoms with Crippen molar-refractivity contribution in [3.8, 4) is 0 Å². The average molecular weight is 283 g/mol. The number of ether oxygens (including phenoxy) is 1. The van der Waals surface area contributed by atoms with Crippen molar-refractivity contribution in [2.45, 2.75) is 34.1 Å². The van der Waals surface area contributed by atoms with E-state index in [1.165, 1.54) is 6.92 Å². The van der Waals surface area contributed by atoms with Crippen molar-refractivity contribution in [2.24, 2.45) is 5.41 Å². The summed E-state index contributed by atoms with van der Waals surface area (Å²) < 4.78 is 18.8. The molecule has 0 atom stereocenters. The van der Waals surface area contributed by atoms with E-state index in [1.54, 1.807) is 0 Å². The Morgan fingerprint density at radius 1 is 1.40 bits per heavy atom. The summed E-state index contributed by atoms with van der Waals surface area (Å²) in [5.74, 6) is -1.66. The van der Waals surface area contributed by atoms with Gasteiger partial charge in [-0.2, -0.15) is 0 Å². The van der Waals surface area contributed by atoms with Gasteiger partial charge in [-0.1, -0.05) is 20.8 Å². The van der Waals surface area contributed by atoms with Crippen LogP contribution < -0.4 is 0 Å². The van der Waals surface area contributed by atoms with Gasteiger partial charge in [-0.25, -0.2) is 9.18 Å². The summed E-state index contributed by atoms with van der Waals surface area (Å²) in [6.45, 7) is 7.47. The van der Waals surface area contributed by atoms with E-state index in [4.69, 9.17) is 4.74 Å². The van der Waals surface area contributed by atoms with Crippen LogP contribution in [0.2, 0.25) is 0 Å². The molecule has 0 bridgehead atoms. The lowest BCUT2D eigenvalue weighted by Gasteiger charge is -2.17. The van der Waals surface area contributed by atoms with Gasteiger partial charge >= 0.3 is 5.97 Å². The number of nitro groups is 1. The number of hydrogen-bond acceptors (Lipinski definition) is 4. The van der Waals surface area contributed by atoms with E-state index in [2.05, 4.69) is 0 Å². The lowest BCUT2D eigenvalue weighted by molar-refractivity contribution is -0.385. The summed E-state index contributed by atoms with van der Waals surface area (Å²) in [5, 5.41) is 10.7. The standard InChI is InChI=1S/C14H18FNO4/c1-9-7-10(16(18)19)8-11(12(9)15)13(17)20-6-5-14(2,3)4/h7-8H,5-6H2,1-4H3. The van der Waals surface area contributed by atoms with Gasteiger partial charge in [-0.05, 0) is 24.3 Å². The molecule has 0 saturated carbocycles.